The topological polar surface area (TPSA) is 17.1 Å². The van der Waals surface area contributed by atoms with Gasteiger partial charge in [-0.05, 0) is 107 Å². The van der Waals surface area contributed by atoms with Gasteiger partial charge in [-0.15, -0.1) is 0 Å². The van der Waals surface area contributed by atoms with Crippen molar-refractivity contribution in [3.8, 4) is 0 Å². The second-order valence-corrected chi connectivity index (χ2v) is 8.20. The van der Waals surface area contributed by atoms with E-state index >= 15 is 0 Å². The fourth-order valence-corrected chi connectivity index (χ4v) is 5.27. The summed E-state index contributed by atoms with van der Waals surface area (Å²) in [6.45, 7) is 0. The molecule has 0 saturated carbocycles. The molecule has 0 saturated heterocycles. The number of hydrogen-bond donors (Lipinski definition) is 0. The molecule has 0 unspecified atom stereocenters. The van der Waals surface area contributed by atoms with Crippen LogP contribution < -0.4 is 0 Å². The molecule has 0 bridgehead atoms. The molecule has 18 heavy (non-hydrogen) atoms. The maximum atomic E-state index is 11.3. The molecule has 1 nitrogen and oxygen atoms in total. The summed E-state index contributed by atoms with van der Waals surface area (Å²) in [5.41, 5.74) is 0.606. The van der Waals surface area contributed by atoms with Crippen LogP contribution in [0.4, 0.5) is 0 Å². The maximum absolute atomic E-state index is 11.3. The molecule has 0 amide bonds. The lowest BCUT2D eigenvalue weighted by molar-refractivity contribution is 0.112. The van der Waals surface area contributed by atoms with Gasteiger partial charge < -0.3 is 0 Å². The van der Waals surface area contributed by atoms with Crippen LogP contribution in [0.5, 0.6) is 0 Å². The predicted octanol–water partition coefficient (Wildman–Crippen LogP) is 7.23. The molecule has 94 valence electrons. The van der Waals surface area contributed by atoms with Crippen LogP contribution in [0.15, 0.2) is 32.9 Å². The highest BCUT2D eigenvalue weighted by molar-refractivity contribution is 9.15. The van der Waals surface area contributed by atoms with E-state index < -0.39 is 0 Å². The number of benzene rings is 2. The van der Waals surface area contributed by atoms with E-state index in [0.717, 1.165) is 43.9 Å². The van der Waals surface area contributed by atoms with Crippen LogP contribution in [0.2, 0.25) is 0 Å². The first kappa shape index (κ1) is 15.6. The van der Waals surface area contributed by atoms with Gasteiger partial charge in [-0.2, -0.15) is 0 Å². The van der Waals surface area contributed by atoms with E-state index in [-0.39, 0.29) is 0 Å². The minimum absolute atomic E-state index is 0.606. The Morgan fingerprint density at radius 3 is 1.89 bits per heavy atom. The number of carbonyl (C=O) groups excluding carboxylic acids is 1. The van der Waals surface area contributed by atoms with E-state index in [1.807, 2.05) is 6.07 Å². The highest BCUT2D eigenvalue weighted by atomic mass is 79.9. The summed E-state index contributed by atoms with van der Waals surface area (Å²) < 4.78 is 5.10. The average molecular weight is 630 g/mol. The van der Waals surface area contributed by atoms with Gasteiger partial charge >= 0.3 is 0 Å². The third-order valence-electron chi connectivity index (χ3n) is 2.41. The van der Waals surface area contributed by atoms with Crippen LogP contribution in [0.1, 0.15) is 10.4 Å². The Morgan fingerprint density at radius 1 is 0.778 bits per heavy atom. The largest absolute Gasteiger partial charge is 0.298 e. The first-order valence-corrected chi connectivity index (χ1v) is 9.24. The molecule has 0 radical (unpaired) electrons. The van der Waals surface area contributed by atoms with Crippen LogP contribution in [-0.2, 0) is 0 Å². The molecule has 0 aliphatic heterocycles. The highest BCUT2D eigenvalue weighted by Crippen LogP contribution is 2.46. The van der Waals surface area contributed by atoms with Gasteiger partial charge in [0.1, 0.15) is 0 Å². The molecule has 0 atom stereocenters. The van der Waals surface area contributed by atoms with E-state index in [1.54, 1.807) is 0 Å². The van der Waals surface area contributed by atoms with Crippen molar-refractivity contribution in [1.29, 1.82) is 0 Å². The molecule has 0 heterocycles. The van der Waals surface area contributed by atoms with Gasteiger partial charge in [0, 0.05) is 37.8 Å². The summed E-state index contributed by atoms with van der Waals surface area (Å²) in [6.07, 6.45) is 0.844. The molecule has 2 rings (SSSR count). The summed E-state index contributed by atoms with van der Waals surface area (Å²) in [5.74, 6) is 0. The Balaban J connectivity index is 3.16. The molecule has 0 aliphatic carbocycles. The van der Waals surface area contributed by atoms with Gasteiger partial charge in [0.2, 0.25) is 0 Å². The Morgan fingerprint density at radius 2 is 1.33 bits per heavy atom. The summed E-state index contributed by atoms with van der Waals surface area (Å²) in [4.78, 5) is 11.3. The molecule has 0 fully saturated rings. The summed E-state index contributed by atoms with van der Waals surface area (Å²) in [6, 6.07) is 1.91. The molecule has 2 aromatic rings. The van der Waals surface area contributed by atoms with Crippen molar-refractivity contribution < 1.29 is 4.79 Å². The van der Waals surface area contributed by atoms with Crippen molar-refractivity contribution in [3.05, 3.63) is 38.5 Å². The zero-order valence-electron chi connectivity index (χ0n) is 8.33. The van der Waals surface area contributed by atoms with E-state index in [2.05, 4.69) is 95.6 Å². The molecular weight excluding hydrogens is 628 g/mol. The van der Waals surface area contributed by atoms with E-state index in [9.17, 15) is 4.79 Å². The Hall–Kier alpha value is 1.25. The number of hydrogen-bond acceptors (Lipinski definition) is 1. The van der Waals surface area contributed by atoms with Gasteiger partial charge in [0.05, 0.1) is 0 Å². The number of rotatable bonds is 1. The summed E-state index contributed by atoms with van der Waals surface area (Å²) in [7, 11) is 0. The van der Waals surface area contributed by atoms with Gasteiger partial charge in [-0.3, -0.25) is 4.79 Å². The molecule has 0 aromatic heterocycles. The van der Waals surface area contributed by atoms with Crippen LogP contribution in [0.25, 0.3) is 10.8 Å². The second kappa shape index (κ2) is 5.93. The fourth-order valence-electron chi connectivity index (χ4n) is 1.58. The number of fused-ring (bicyclic) bond motifs is 1. The quantitative estimate of drug-likeness (QED) is 0.241. The standard InChI is InChI=1S/C11H2Br6O/c12-5-1-3-4(2-18)7(13)11(17)10(16)6(3)9(15)8(5)14/h1-2H. The van der Waals surface area contributed by atoms with Gasteiger partial charge in [0.25, 0.3) is 0 Å². The lowest BCUT2D eigenvalue weighted by Gasteiger charge is -2.13. The fraction of sp³-hybridized carbons (Fsp3) is 0. The Kier molecular flexibility index (Phi) is 5.15. The third kappa shape index (κ3) is 2.44. The molecule has 0 aliphatic rings. The number of aldehydes is 1. The third-order valence-corrected chi connectivity index (χ3v) is 9.19. The van der Waals surface area contributed by atoms with Crippen molar-refractivity contribution in [2.75, 3.05) is 0 Å². The van der Waals surface area contributed by atoms with Crippen LogP contribution >= 0.6 is 95.6 Å². The van der Waals surface area contributed by atoms with E-state index in [1.165, 1.54) is 0 Å². The molecule has 7 heteroatoms. The van der Waals surface area contributed by atoms with E-state index in [0.29, 0.717) is 5.56 Å². The van der Waals surface area contributed by atoms with E-state index in [4.69, 9.17) is 0 Å². The van der Waals surface area contributed by atoms with Gasteiger partial charge in [-0.1, -0.05) is 0 Å². The van der Waals surface area contributed by atoms with Crippen molar-refractivity contribution in [3.63, 3.8) is 0 Å². The maximum Gasteiger partial charge on any atom is 0.151 e. The molecule has 0 N–H and O–H groups in total. The lowest BCUT2D eigenvalue weighted by Crippen LogP contribution is -1.92. The Labute approximate surface area is 154 Å². The van der Waals surface area contributed by atoms with Crippen LogP contribution in [0.3, 0.4) is 0 Å². The zero-order valence-corrected chi connectivity index (χ0v) is 17.8. The SMILES string of the molecule is O=Cc1c(Br)c(Br)c(Br)c2c(Br)c(Br)c(Br)cc12. The Bertz CT molecular complexity index is 671. The van der Waals surface area contributed by atoms with Crippen molar-refractivity contribution >= 4 is 113 Å². The molecule has 0 spiro atoms. The summed E-state index contributed by atoms with van der Waals surface area (Å²) in [5, 5.41) is 1.79. The second-order valence-electron chi connectivity index (χ2n) is 3.38. The minimum Gasteiger partial charge on any atom is -0.298 e. The minimum atomic E-state index is 0.606. The van der Waals surface area contributed by atoms with Crippen molar-refractivity contribution in [2.24, 2.45) is 0 Å². The zero-order chi connectivity index (χ0) is 13.6. The number of carbonyl (C=O) groups is 1. The van der Waals surface area contributed by atoms with Crippen LogP contribution in [-0.4, -0.2) is 6.29 Å². The van der Waals surface area contributed by atoms with Crippen molar-refractivity contribution in [2.45, 2.75) is 0 Å². The summed E-state index contributed by atoms with van der Waals surface area (Å²) >= 11 is 20.9. The predicted molar refractivity (Wildman–Crippen MR) is 95.5 cm³/mol. The monoisotopic (exact) mass is 624 g/mol. The van der Waals surface area contributed by atoms with Crippen molar-refractivity contribution in [1.82, 2.24) is 0 Å². The van der Waals surface area contributed by atoms with Gasteiger partial charge in [0.15, 0.2) is 6.29 Å². The normalized spacial score (nSPS) is 11.0. The first-order chi connectivity index (χ1) is 8.40. The number of halogens is 6. The van der Waals surface area contributed by atoms with Crippen LogP contribution in [0, 0.1) is 0 Å². The average Bonchev–Trinajstić information content (AvgIpc) is 2.34. The lowest BCUT2D eigenvalue weighted by atomic mass is 10.1. The highest BCUT2D eigenvalue weighted by Gasteiger charge is 2.19. The van der Waals surface area contributed by atoms with Gasteiger partial charge in [-0.25, -0.2) is 0 Å². The molecular formula is C11H2Br6O. The smallest absolute Gasteiger partial charge is 0.151 e. The first-order valence-electron chi connectivity index (χ1n) is 4.49. The molecule has 2 aromatic carbocycles.